The number of likely N-dealkylation sites (tertiary alicyclic amines) is 1. The summed E-state index contributed by atoms with van der Waals surface area (Å²) in [5, 5.41) is 2.95. The molecular weight excluding hydrogens is 471 g/mol. The monoisotopic (exact) mass is 504 g/mol. The van der Waals surface area contributed by atoms with Gasteiger partial charge in [-0.15, -0.1) is 11.3 Å². The number of carbonyl (C=O) groups is 1. The largest absolute Gasteiger partial charge is 0.322 e. The highest BCUT2D eigenvalue weighted by Gasteiger charge is 2.27. The van der Waals surface area contributed by atoms with Crippen LogP contribution < -0.4 is 5.32 Å². The second-order valence-electron chi connectivity index (χ2n) is 9.46. The summed E-state index contributed by atoms with van der Waals surface area (Å²) in [6.45, 7) is 4.72. The molecule has 2 aliphatic rings. The highest BCUT2D eigenvalue weighted by Crippen LogP contribution is 2.34. The number of benzene rings is 1. The molecule has 1 aliphatic heterocycles. The molecule has 2 amide bonds. The normalized spacial score (nSPS) is 18.9. The van der Waals surface area contributed by atoms with E-state index in [4.69, 9.17) is 11.6 Å². The molecule has 184 valence electrons. The van der Waals surface area contributed by atoms with E-state index >= 15 is 0 Å². The fourth-order valence-corrected chi connectivity index (χ4v) is 6.12. The van der Waals surface area contributed by atoms with E-state index < -0.39 is 5.82 Å². The Morgan fingerprint density at radius 2 is 2.03 bits per heavy atom. The van der Waals surface area contributed by atoms with Crippen LogP contribution in [0.2, 0.25) is 5.02 Å². The molecule has 1 unspecified atom stereocenters. The first-order chi connectivity index (χ1) is 16.4. The van der Waals surface area contributed by atoms with Crippen LogP contribution in [0.25, 0.3) is 5.57 Å². The Morgan fingerprint density at radius 1 is 1.24 bits per heavy atom. The number of rotatable bonds is 8. The maximum absolute atomic E-state index is 13.6. The Hall–Kier alpha value is -1.93. The number of thiophene rings is 1. The van der Waals surface area contributed by atoms with Gasteiger partial charge in [0.05, 0.1) is 5.02 Å². The minimum atomic E-state index is -0.488. The third-order valence-corrected chi connectivity index (χ3v) is 8.00. The average Bonchev–Trinajstić information content (AvgIpc) is 3.49. The molecule has 2 aromatic rings. The van der Waals surface area contributed by atoms with Gasteiger partial charge in [-0.05, 0) is 95.2 Å². The SMILES string of the molecule is CN(C)Cc1ccc(C2=CCC(N(CCN3CCCC3)C(=O)Nc3ccc(F)c(Cl)c3)CC2)s1. The molecule has 1 atom stereocenters. The summed E-state index contributed by atoms with van der Waals surface area (Å²) >= 11 is 7.78. The standard InChI is InChI=1S/C26H34ClFN4OS/c1-30(2)18-22-10-12-25(34-22)19-5-8-21(9-6-19)32(16-15-31-13-3-4-14-31)26(33)29-20-7-11-24(28)23(27)17-20/h5,7,10-12,17,21H,3-4,6,8-9,13-16,18H2,1-2H3,(H,29,33). The molecule has 8 heteroatoms. The van der Waals surface area contributed by atoms with Crippen molar-refractivity contribution < 1.29 is 9.18 Å². The summed E-state index contributed by atoms with van der Waals surface area (Å²) in [5.74, 6) is -0.488. The van der Waals surface area contributed by atoms with E-state index in [0.717, 1.165) is 45.4 Å². The molecule has 1 aromatic carbocycles. The average molecular weight is 505 g/mol. The first-order valence-corrected chi connectivity index (χ1v) is 13.3. The topological polar surface area (TPSA) is 38.8 Å². The summed E-state index contributed by atoms with van der Waals surface area (Å²) in [7, 11) is 4.18. The molecule has 0 saturated carbocycles. The van der Waals surface area contributed by atoms with Gasteiger partial charge < -0.3 is 20.0 Å². The Labute approximate surface area is 211 Å². The third-order valence-electron chi connectivity index (χ3n) is 6.56. The Bertz CT molecular complexity index is 1020. The van der Waals surface area contributed by atoms with Gasteiger partial charge in [0.2, 0.25) is 0 Å². The number of nitrogens with zero attached hydrogens (tertiary/aromatic N) is 3. The van der Waals surface area contributed by atoms with Crippen molar-refractivity contribution in [2.45, 2.75) is 44.7 Å². The Morgan fingerprint density at radius 3 is 2.71 bits per heavy atom. The van der Waals surface area contributed by atoms with E-state index in [9.17, 15) is 9.18 Å². The van der Waals surface area contributed by atoms with E-state index in [1.54, 1.807) is 6.07 Å². The molecule has 4 rings (SSSR count). The first kappa shape index (κ1) is 25.2. The molecule has 2 heterocycles. The van der Waals surface area contributed by atoms with E-state index in [1.807, 2.05) is 16.2 Å². The molecule has 1 aliphatic carbocycles. The fourth-order valence-electron chi connectivity index (χ4n) is 4.75. The molecule has 0 spiro atoms. The van der Waals surface area contributed by atoms with Gasteiger partial charge in [-0.2, -0.15) is 0 Å². The maximum Gasteiger partial charge on any atom is 0.322 e. The van der Waals surface area contributed by atoms with Gasteiger partial charge in [0.15, 0.2) is 0 Å². The first-order valence-electron chi connectivity index (χ1n) is 12.1. The minimum Gasteiger partial charge on any atom is -0.320 e. The van der Waals surface area contributed by atoms with Crippen LogP contribution >= 0.6 is 22.9 Å². The lowest BCUT2D eigenvalue weighted by atomic mass is 9.93. The van der Waals surface area contributed by atoms with Gasteiger partial charge in [-0.3, -0.25) is 0 Å². The molecule has 5 nitrogen and oxygen atoms in total. The summed E-state index contributed by atoms with van der Waals surface area (Å²) in [6, 6.07) is 8.75. The van der Waals surface area contributed by atoms with Crippen LogP contribution in [0, 0.1) is 5.82 Å². The molecule has 0 bridgehead atoms. The van der Waals surface area contributed by atoms with Crippen LogP contribution in [0.4, 0.5) is 14.9 Å². The molecule has 1 N–H and O–H groups in total. The quantitative estimate of drug-likeness (QED) is 0.467. The van der Waals surface area contributed by atoms with Crippen molar-refractivity contribution in [3.63, 3.8) is 0 Å². The van der Waals surface area contributed by atoms with Crippen molar-refractivity contribution in [3.05, 3.63) is 57.0 Å². The van der Waals surface area contributed by atoms with Gasteiger partial charge in [-0.25, -0.2) is 9.18 Å². The number of urea groups is 1. The molecule has 1 fully saturated rings. The summed E-state index contributed by atoms with van der Waals surface area (Å²) in [4.78, 5) is 22.6. The van der Waals surface area contributed by atoms with Gasteiger partial charge in [0.1, 0.15) is 5.82 Å². The smallest absolute Gasteiger partial charge is 0.320 e. The Balaban J connectivity index is 1.44. The summed E-state index contributed by atoms with van der Waals surface area (Å²) in [6.07, 6.45) is 7.50. The van der Waals surface area contributed by atoms with Gasteiger partial charge >= 0.3 is 6.03 Å². The highest BCUT2D eigenvalue weighted by atomic mass is 35.5. The zero-order valence-electron chi connectivity index (χ0n) is 20.0. The zero-order valence-corrected chi connectivity index (χ0v) is 21.6. The second kappa shape index (κ2) is 11.7. The van der Waals surface area contributed by atoms with Crippen LogP contribution in [-0.2, 0) is 6.54 Å². The van der Waals surface area contributed by atoms with Crippen LogP contribution in [0.5, 0.6) is 0 Å². The number of hydrogen-bond donors (Lipinski definition) is 1. The maximum atomic E-state index is 13.6. The van der Waals surface area contributed by atoms with E-state index in [0.29, 0.717) is 12.2 Å². The van der Waals surface area contributed by atoms with Gasteiger partial charge in [0.25, 0.3) is 0 Å². The van der Waals surface area contributed by atoms with Crippen LogP contribution in [0.3, 0.4) is 0 Å². The summed E-state index contributed by atoms with van der Waals surface area (Å²) in [5.41, 5.74) is 1.90. The zero-order chi connectivity index (χ0) is 24.1. The second-order valence-corrected chi connectivity index (χ2v) is 11.0. The molecule has 34 heavy (non-hydrogen) atoms. The molecule has 1 aromatic heterocycles. The number of amides is 2. The van der Waals surface area contributed by atoms with E-state index in [-0.39, 0.29) is 17.1 Å². The number of allylic oxidation sites excluding steroid dienone is 1. The number of carbonyl (C=O) groups excluding carboxylic acids is 1. The van der Waals surface area contributed by atoms with Crippen LogP contribution in [0.1, 0.15) is 41.9 Å². The molecule has 1 saturated heterocycles. The lowest BCUT2D eigenvalue weighted by molar-refractivity contribution is 0.170. The van der Waals surface area contributed by atoms with Gasteiger partial charge in [-0.1, -0.05) is 17.7 Å². The van der Waals surface area contributed by atoms with Crippen LogP contribution in [-0.4, -0.2) is 67.0 Å². The number of hydrogen-bond acceptors (Lipinski definition) is 4. The lowest BCUT2D eigenvalue weighted by Gasteiger charge is -2.35. The van der Waals surface area contributed by atoms with Gasteiger partial charge in [0, 0.05) is 41.1 Å². The van der Waals surface area contributed by atoms with Crippen LogP contribution in [0.15, 0.2) is 36.4 Å². The van der Waals surface area contributed by atoms with Crippen molar-refractivity contribution in [2.75, 3.05) is 45.6 Å². The van der Waals surface area contributed by atoms with E-state index in [1.165, 1.54) is 40.3 Å². The molecule has 0 radical (unpaired) electrons. The highest BCUT2D eigenvalue weighted by molar-refractivity contribution is 7.13. The van der Waals surface area contributed by atoms with Crippen molar-refractivity contribution in [2.24, 2.45) is 0 Å². The predicted molar refractivity (Wildman–Crippen MR) is 140 cm³/mol. The van der Waals surface area contributed by atoms with Crippen molar-refractivity contribution in [1.29, 1.82) is 0 Å². The third kappa shape index (κ3) is 6.60. The van der Waals surface area contributed by atoms with Crippen molar-refractivity contribution in [3.8, 4) is 0 Å². The molecular formula is C26H34ClFN4OS. The van der Waals surface area contributed by atoms with Crippen molar-refractivity contribution in [1.82, 2.24) is 14.7 Å². The minimum absolute atomic E-state index is 0.0104. The Kier molecular flexibility index (Phi) is 8.64. The number of halogens is 2. The predicted octanol–water partition coefficient (Wildman–Crippen LogP) is 6.17. The summed E-state index contributed by atoms with van der Waals surface area (Å²) < 4.78 is 13.6. The lowest BCUT2D eigenvalue weighted by Crippen LogP contribution is -2.46. The van der Waals surface area contributed by atoms with E-state index in [2.05, 4.69) is 47.4 Å². The fraction of sp³-hybridized carbons (Fsp3) is 0.500. The van der Waals surface area contributed by atoms with Crippen molar-refractivity contribution >= 4 is 40.2 Å². The number of anilines is 1. The number of nitrogens with one attached hydrogen (secondary N) is 1.